The van der Waals surface area contributed by atoms with Gasteiger partial charge in [0.15, 0.2) is 0 Å². The zero-order valence-corrected chi connectivity index (χ0v) is 12.2. The van der Waals surface area contributed by atoms with Crippen LogP contribution in [0.1, 0.15) is 0 Å². The highest BCUT2D eigenvalue weighted by molar-refractivity contribution is 9.10. The lowest BCUT2D eigenvalue weighted by molar-refractivity contribution is 0.412. The number of hydrogen-bond acceptors (Lipinski definition) is 3. The zero-order chi connectivity index (χ0) is 12.3. The molecule has 3 nitrogen and oxygen atoms in total. The third-order valence-corrected chi connectivity index (χ3v) is 3.20. The van der Waals surface area contributed by atoms with Crippen molar-refractivity contribution in [2.24, 2.45) is 0 Å². The van der Waals surface area contributed by atoms with Crippen molar-refractivity contribution in [2.45, 2.75) is 0 Å². The van der Waals surface area contributed by atoms with E-state index < -0.39 is 0 Å². The molecular formula is C12H10Br2N2O. The van der Waals surface area contributed by atoms with Gasteiger partial charge in [0.25, 0.3) is 0 Å². The Labute approximate surface area is 116 Å². The van der Waals surface area contributed by atoms with Crippen LogP contribution in [0.25, 0.3) is 0 Å². The van der Waals surface area contributed by atoms with Crippen LogP contribution in [0.15, 0.2) is 45.5 Å². The minimum Gasteiger partial charge on any atom is -0.496 e. The summed E-state index contributed by atoms with van der Waals surface area (Å²) in [5.74, 6) is 1.59. The second-order valence-corrected chi connectivity index (χ2v) is 4.99. The number of methoxy groups -OCH3 is 1. The molecule has 5 heteroatoms. The summed E-state index contributed by atoms with van der Waals surface area (Å²) in [5.41, 5.74) is 0.947. The van der Waals surface area contributed by atoms with Gasteiger partial charge in [-0.25, -0.2) is 4.98 Å². The number of aromatic nitrogens is 1. The first-order valence-electron chi connectivity index (χ1n) is 4.92. The molecule has 0 saturated carbocycles. The van der Waals surface area contributed by atoms with Gasteiger partial charge in [-0.3, -0.25) is 0 Å². The molecule has 0 radical (unpaired) electrons. The average Bonchev–Trinajstić information content (AvgIpc) is 2.29. The van der Waals surface area contributed by atoms with E-state index in [0.29, 0.717) is 0 Å². The molecule has 0 unspecified atom stereocenters. The molecule has 1 heterocycles. The lowest BCUT2D eigenvalue weighted by Crippen LogP contribution is -1.94. The van der Waals surface area contributed by atoms with Crippen molar-refractivity contribution in [3.8, 4) is 5.75 Å². The monoisotopic (exact) mass is 356 g/mol. The van der Waals surface area contributed by atoms with Crippen molar-refractivity contribution in [3.63, 3.8) is 0 Å². The Kier molecular flexibility index (Phi) is 4.02. The van der Waals surface area contributed by atoms with Gasteiger partial charge in [0.2, 0.25) is 0 Å². The van der Waals surface area contributed by atoms with E-state index in [4.69, 9.17) is 4.74 Å². The zero-order valence-electron chi connectivity index (χ0n) is 9.08. The number of pyridine rings is 1. The number of nitrogens with one attached hydrogen (secondary N) is 1. The summed E-state index contributed by atoms with van der Waals surface area (Å²) in [4.78, 5) is 4.30. The third kappa shape index (κ3) is 3.20. The average molecular weight is 358 g/mol. The van der Waals surface area contributed by atoms with Gasteiger partial charge in [0, 0.05) is 5.69 Å². The van der Waals surface area contributed by atoms with E-state index in [0.717, 1.165) is 26.3 Å². The Hall–Kier alpha value is -1.07. The SMILES string of the molecule is COc1ccc(Nc2cccc(Br)n2)cc1Br. The van der Waals surface area contributed by atoms with Crippen molar-refractivity contribution in [3.05, 3.63) is 45.5 Å². The first kappa shape index (κ1) is 12.4. The van der Waals surface area contributed by atoms with E-state index in [-0.39, 0.29) is 0 Å². The summed E-state index contributed by atoms with van der Waals surface area (Å²) in [6.07, 6.45) is 0. The summed E-state index contributed by atoms with van der Waals surface area (Å²) >= 11 is 6.77. The minimum absolute atomic E-state index is 0.788. The molecular weight excluding hydrogens is 348 g/mol. The van der Waals surface area contributed by atoms with Gasteiger partial charge in [0.1, 0.15) is 16.2 Å². The Morgan fingerprint density at radius 2 is 2.00 bits per heavy atom. The second kappa shape index (κ2) is 5.51. The van der Waals surface area contributed by atoms with Crippen molar-refractivity contribution in [1.82, 2.24) is 4.98 Å². The summed E-state index contributed by atoms with van der Waals surface area (Å²) in [5, 5.41) is 3.21. The van der Waals surface area contributed by atoms with Crippen LogP contribution in [0, 0.1) is 0 Å². The van der Waals surface area contributed by atoms with Gasteiger partial charge in [-0.1, -0.05) is 6.07 Å². The number of ether oxygens (including phenoxy) is 1. The Balaban J connectivity index is 2.22. The molecule has 0 aliphatic heterocycles. The molecule has 0 bridgehead atoms. The normalized spacial score (nSPS) is 10.1. The van der Waals surface area contributed by atoms with Crippen LogP contribution < -0.4 is 10.1 Å². The summed E-state index contributed by atoms with van der Waals surface area (Å²) in [6.45, 7) is 0. The third-order valence-electron chi connectivity index (χ3n) is 2.14. The van der Waals surface area contributed by atoms with Gasteiger partial charge in [0.05, 0.1) is 11.6 Å². The molecule has 2 aromatic rings. The molecule has 1 aromatic heterocycles. The van der Waals surface area contributed by atoms with Crippen LogP contribution in [-0.4, -0.2) is 12.1 Å². The highest BCUT2D eigenvalue weighted by Crippen LogP contribution is 2.29. The Morgan fingerprint density at radius 3 is 2.65 bits per heavy atom. The van der Waals surface area contributed by atoms with Crippen molar-refractivity contribution >= 4 is 43.4 Å². The van der Waals surface area contributed by atoms with Crippen LogP contribution in [0.2, 0.25) is 0 Å². The first-order chi connectivity index (χ1) is 8.19. The molecule has 2 rings (SSSR count). The number of halogens is 2. The van der Waals surface area contributed by atoms with E-state index in [2.05, 4.69) is 42.2 Å². The molecule has 0 atom stereocenters. The van der Waals surface area contributed by atoms with Gasteiger partial charge in [-0.2, -0.15) is 0 Å². The second-order valence-electron chi connectivity index (χ2n) is 3.32. The topological polar surface area (TPSA) is 34.1 Å². The molecule has 0 aliphatic carbocycles. The van der Waals surface area contributed by atoms with Crippen LogP contribution in [0.5, 0.6) is 5.75 Å². The van der Waals surface area contributed by atoms with Gasteiger partial charge >= 0.3 is 0 Å². The number of rotatable bonds is 3. The van der Waals surface area contributed by atoms with Gasteiger partial charge in [-0.15, -0.1) is 0 Å². The van der Waals surface area contributed by atoms with Crippen LogP contribution in [-0.2, 0) is 0 Å². The number of anilines is 2. The molecule has 1 N–H and O–H groups in total. The van der Waals surface area contributed by atoms with Crippen molar-refractivity contribution < 1.29 is 4.74 Å². The lowest BCUT2D eigenvalue weighted by Gasteiger charge is -2.08. The summed E-state index contributed by atoms with van der Waals surface area (Å²) in [7, 11) is 1.64. The van der Waals surface area contributed by atoms with E-state index in [9.17, 15) is 0 Å². The van der Waals surface area contributed by atoms with Crippen LogP contribution in [0.4, 0.5) is 11.5 Å². The Bertz CT molecular complexity index is 532. The fraction of sp³-hybridized carbons (Fsp3) is 0.0833. The standard InChI is InChI=1S/C12H10Br2N2O/c1-17-10-6-5-8(7-9(10)13)15-12-4-2-3-11(14)16-12/h2-7H,1H3,(H,15,16). The molecule has 0 aliphatic rings. The van der Waals surface area contributed by atoms with E-state index in [1.165, 1.54) is 0 Å². The van der Waals surface area contributed by atoms with Crippen LogP contribution >= 0.6 is 31.9 Å². The van der Waals surface area contributed by atoms with Gasteiger partial charge in [-0.05, 0) is 62.2 Å². The van der Waals surface area contributed by atoms with Crippen molar-refractivity contribution in [2.75, 3.05) is 12.4 Å². The maximum atomic E-state index is 5.17. The largest absolute Gasteiger partial charge is 0.496 e. The van der Waals surface area contributed by atoms with Crippen LogP contribution in [0.3, 0.4) is 0 Å². The first-order valence-corrected chi connectivity index (χ1v) is 6.51. The Morgan fingerprint density at radius 1 is 1.18 bits per heavy atom. The lowest BCUT2D eigenvalue weighted by atomic mass is 10.3. The molecule has 0 fully saturated rings. The molecule has 0 saturated heterocycles. The summed E-state index contributed by atoms with van der Waals surface area (Å²) in [6, 6.07) is 11.5. The molecule has 88 valence electrons. The fourth-order valence-corrected chi connectivity index (χ4v) is 2.25. The number of nitrogens with zero attached hydrogens (tertiary/aromatic N) is 1. The molecule has 1 aromatic carbocycles. The molecule has 0 spiro atoms. The van der Waals surface area contributed by atoms with E-state index in [1.54, 1.807) is 7.11 Å². The maximum Gasteiger partial charge on any atom is 0.133 e. The summed E-state index contributed by atoms with van der Waals surface area (Å²) < 4.78 is 6.88. The molecule has 0 amide bonds. The predicted octanol–water partition coefficient (Wildman–Crippen LogP) is 4.36. The quantitative estimate of drug-likeness (QED) is 0.828. The smallest absolute Gasteiger partial charge is 0.133 e. The maximum absolute atomic E-state index is 5.17. The fourth-order valence-electron chi connectivity index (χ4n) is 1.37. The number of benzene rings is 1. The highest BCUT2D eigenvalue weighted by Gasteiger charge is 2.02. The number of hydrogen-bond donors (Lipinski definition) is 1. The van der Waals surface area contributed by atoms with Gasteiger partial charge < -0.3 is 10.1 Å². The molecule has 17 heavy (non-hydrogen) atoms. The predicted molar refractivity (Wildman–Crippen MR) is 75.9 cm³/mol. The van der Waals surface area contributed by atoms with E-state index >= 15 is 0 Å². The van der Waals surface area contributed by atoms with E-state index in [1.807, 2.05) is 36.4 Å². The highest BCUT2D eigenvalue weighted by atomic mass is 79.9. The van der Waals surface area contributed by atoms with Crippen molar-refractivity contribution in [1.29, 1.82) is 0 Å². The minimum atomic E-state index is 0.788.